The highest BCUT2D eigenvalue weighted by Gasteiger charge is 2.26. The van der Waals surface area contributed by atoms with E-state index in [0.29, 0.717) is 18.0 Å². The fourth-order valence-electron chi connectivity index (χ4n) is 1.74. The molecule has 0 amide bonds. The molecule has 0 saturated carbocycles. The molecular formula is C12H20N2O2S2. The second kappa shape index (κ2) is 5.97. The van der Waals surface area contributed by atoms with Gasteiger partial charge in [-0.1, -0.05) is 12.2 Å². The van der Waals surface area contributed by atoms with Gasteiger partial charge in [0.05, 0.1) is 0 Å². The molecule has 1 aromatic heterocycles. The zero-order valence-electron chi connectivity index (χ0n) is 11.3. The van der Waals surface area contributed by atoms with Crippen LogP contribution in [0.1, 0.15) is 17.4 Å². The predicted molar refractivity (Wildman–Crippen MR) is 76.4 cm³/mol. The summed E-state index contributed by atoms with van der Waals surface area (Å²) in [6.07, 6.45) is 0. The lowest BCUT2D eigenvalue weighted by molar-refractivity contribution is 0.492. The van der Waals surface area contributed by atoms with E-state index in [2.05, 4.69) is 11.9 Å². The Morgan fingerprint density at radius 3 is 2.67 bits per heavy atom. The van der Waals surface area contributed by atoms with Gasteiger partial charge in [0.2, 0.25) is 10.0 Å². The maximum atomic E-state index is 12.5. The Bertz CT molecular complexity index is 532. The summed E-state index contributed by atoms with van der Waals surface area (Å²) in [5, 5.41) is 4.88. The van der Waals surface area contributed by atoms with Gasteiger partial charge in [-0.3, -0.25) is 0 Å². The Morgan fingerprint density at radius 1 is 1.56 bits per heavy atom. The highest BCUT2D eigenvalue weighted by molar-refractivity contribution is 7.89. The average molecular weight is 288 g/mol. The second-order valence-corrected chi connectivity index (χ2v) is 7.37. The van der Waals surface area contributed by atoms with Crippen LogP contribution in [0.4, 0.5) is 0 Å². The van der Waals surface area contributed by atoms with E-state index in [1.807, 2.05) is 26.3 Å². The van der Waals surface area contributed by atoms with E-state index in [9.17, 15) is 8.42 Å². The van der Waals surface area contributed by atoms with Crippen LogP contribution in [0.5, 0.6) is 0 Å². The first-order valence-electron chi connectivity index (χ1n) is 5.63. The lowest BCUT2D eigenvalue weighted by atomic mass is 10.3. The monoisotopic (exact) mass is 288 g/mol. The molecule has 0 aliphatic carbocycles. The smallest absolute Gasteiger partial charge is 0.244 e. The van der Waals surface area contributed by atoms with Crippen molar-refractivity contribution >= 4 is 21.4 Å². The number of likely N-dealkylation sites (N-methyl/N-ethyl adjacent to an activating group) is 1. The molecule has 18 heavy (non-hydrogen) atoms. The number of nitrogens with one attached hydrogen (secondary N) is 1. The van der Waals surface area contributed by atoms with E-state index in [1.165, 1.54) is 15.6 Å². The van der Waals surface area contributed by atoms with E-state index < -0.39 is 10.0 Å². The van der Waals surface area contributed by atoms with E-state index in [0.717, 1.165) is 16.0 Å². The summed E-state index contributed by atoms with van der Waals surface area (Å²) in [7, 11) is -0.0352. The first kappa shape index (κ1) is 15.4. The number of rotatable bonds is 6. The highest BCUT2D eigenvalue weighted by Crippen LogP contribution is 2.29. The third-order valence-electron chi connectivity index (χ3n) is 2.49. The molecule has 1 aromatic rings. The molecule has 0 unspecified atom stereocenters. The van der Waals surface area contributed by atoms with Crippen LogP contribution in [0.15, 0.2) is 22.4 Å². The molecule has 102 valence electrons. The molecule has 4 nitrogen and oxygen atoms in total. The van der Waals surface area contributed by atoms with Crippen molar-refractivity contribution in [2.45, 2.75) is 25.3 Å². The van der Waals surface area contributed by atoms with E-state index in [4.69, 9.17) is 0 Å². The third kappa shape index (κ3) is 3.20. The molecule has 0 spiro atoms. The van der Waals surface area contributed by atoms with Crippen molar-refractivity contribution in [3.05, 3.63) is 28.0 Å². The SMILES string of the molecule is C=C(C)CN(C)S(=O)(=O)c1c(C)csc1CNC. The van der Waals surface area contributed by atoms with Gasteiger partial charge < -0.3 is 5.32 Å². The van der Waals surface area contributed by atoms with Gasteiger partial charge >= 0.3 is 0 Å². The molecule has 1 heterocycles. The molecule has 6 heteroatoms. The Kier molecular flexibility index (Phi) is 5.10. The molecule has 0 aliphatic rings. The summed E-state index contributed by atoms with van der Waals surface area (Å²) in [6, 6.07) is 0. The van der Waals surface area contributed by atoms with Crippen molar-refractivity contribution in [1.82, 2.24) is 9.62 Å². The van der Waals surface area contributed by atoms with Crippen molar-refractivity contribution in [2.24, 2.45) is 0 Å². The van der Waals surface area contributed by atoms with E-state index in [1.54, 1.807) is 7.05 Å². The summed E-state index contributed by atoms with van der Waals surface area (Å²) < 4.78 is 26.4. The molecule has 0 saturated heterocycles. The van der Waals surface area contributed by atoms with Gasteiger partial charge in [0.25, 0.3) is 0 Å². The van der Waals surface area contributed by atoms with Crippen molar-refractivity contribution in [3.63, 3.8) is 0 Å². The summed E-state index contributed by atoms with van der Waals surface area (Å²) >= 11 is 1.47. The van der Waals surface area contributed by atoms with Crippen molar-refractivity contribution in [3.8, 4) is 0 Å². The lowest BCUT2D eigenvalue weighted by Crippen LogP contribution is -2.29. The molecule has 0 aliphatic heterocycles. The normalized spacial score (nSPS) is 12.1. The van der Waals surface area contributed by atoms with Gasteiger partial charge in [-0.2, -0.15) is 4.31 Å². The van der Waals surface area contributed by atoms with Crippen molar-refractivity contribution in [1.29, 1.82) is 0 Å². The van der Waals surface area contributed by atoms with Gasteiger partial charge in [-0.25, -0.2) is 8.42 Å². The summed E-state index contributed by atoms with van der Waals surface area (Å²) in [5.74, 6) is 0. The Hall–Kier alpha value is -0.690. The Balaban J connectivity index is 3.19. The molecule has 0 bridgehead atoms. The molecule has 0 fully saturated rings. The third-order valence-corrected chi connectivity index (χ3v) is 5.76. The van der Waals surface area contributed by atoms with Gasteiger partial charge in [0.15, 0.2) is 0 Å². The number of sulfonamides is 1. The quantitative estimate of drug-likeness (QED) is 0.814. The average Bonchev–Trinajstić information content (AvgIpc) is 2.59. The minimum atomic E-state index is -3.43. The topological polar surface area (TPSA) is 49.4 Å². The second-order valence-electron chi connectivity index (χ2n) is 4.42. The molecule has 0 atom stereocenters. The van der Waals surface area contributed by atoms with Crippen molar-refractivity contribution < 1.29 is 8.42 Å². The first-order chi connectivity index (χ1) is 8.30. The van der Waals surface area contributed by atoms with Gasteiger partial charge in [-0.05, 0) is 31.8 Å². The minimum absolute atomic E-state index is 0.344. The Morgan fingerprint density at radius 2 is 2.17 bits per heavy atom. The maximum absolute atomic E-state index is 12.5. The van der Waals surface area contributed by atoms with Crippen LogP contribution in [0.3, 0.4) is 0 Å². The predicted octanol–water partition coefficient (Wildman–Crippen LogP) is 1.97. The van der Waals surface area contributed by atoms with Crippen molar-refractivity contribution in [2.75, 3.05) is 20.6 Å². The molecule has 0 radical (unpaired) electrons. The zero-order valence-corrected chi connectivity index (χ0v) is 12.9. The standard InChI is InChI=1S/C12H20N2O2S2/c1-9(2)7-14(5)18(15,16)12-10(3)8-17-11(12)6-13-4/h8,13H,1,6-7H2,2-5H3. The number of thiophene rings is 1. The Labute approximate surface area is 113 Å². The molecule has 0 aromatic carbocycles. The fraction of sp³-hybridized carbons (Fsp3) is 0.500. The maximum Gasteiger partial charge on any atom is 0.244 e. The van der Waals surface area contributed by atoms with Gasteiger partial charge in [-0.15, -0.1) is 11.3 Å². The number of aryl methyl sites for hydroxylation is 1. The largest absolute Gasteiger partial charge is 0.315 e. The molecule has 1 N–H and O–H groups in total. The van der Waals surface area contributed by atoms with Gasteiger partial charge in [0.1, 0.15) is 4.90 Å². The van der Waals surface area contributed by atoms with E-state index >= 15 is 0 Å². The molecule has 1 rings (SSSR count). The van der Waals surface area contributed by atoms with Crippen LogP contribution in [0.2, 0.25) is 0 Å². The van der Waals surface area contributed by atoms with Crippen LogP contribution in [0.25, 0.3) is 0 Å². The number of hydrogen-bond acceptors (Lipinski definition) is 4. The van der Waals surface area contributed by atoms with Crippen LogP contribution < -0.4 is 5.32 Å². The number of hydrogen-bond donors (Lipinski definition) is 1. The van der Waals surface area contributed by atoms with E-state index in [-0.39, 0.29) is 0 Å². The summed E-state index contributed by atoms with van der Waals surface area (Å²) in [4.78, 5) is 1.29. The molecular weight excluding hydrogens is 268 g/mol. The first-order valence-corrected chi connectivity index (χ1v) is 7.95. The highest BCUT2D eigenvalue weighted by atomic mass is 32.2. The van der Waals surface area contributed by atoms with Gasteiger partial charge in [0, 0.05) is 25.0 Å². The number of nitrogens with zero attached hydrogens (tertiary/aromatic N) is 1. The summed E-state index contributed by atoms with van der Waals surface area (Å²) in [5.41, 5.74) is 1.63. The fourth-order valence-corrected chi connectivity index (χ4v) is 4.73. The lowest BCUT2D eigenvalue weighted by Gasteiger charge is -2.18. The minimum Gasteiger partial charge on any atom is -0.315 e. The van der Waals surface area contributed by atoms with Crippen LogP contribution in [-0.4, -0.2) is 33.4 Å². The van der Waals surface area contributed by atoms with Crippen LogP contribution >= 0.6 is 11.3 Å². The summed E-state index contributed by atoms with van der Waals surface area (Å²) in [6.45, 7) is 8.31. The van der Waals surface area contributed by atoms with Crippen LogP contribution in [0, 0.1) is 6.92 Å². The van der Waals surface area contributed by atoms with Crippen LogP contribution in [-0.2, 0) is 16.6 Å². The zero-order chi connectivity index (χ0) is 13.9.